The van der Waals surface area contributed by atoms with Crippen molar-refractivity contribution in [1.82, 2.24) is 4.57 Å². The van der Waals surface area contributed by atoms with Crippen molar-refractivity contribution >= 4 is 44.9 Å². The normalized spacial score (nSPS) is 17.2. The number of fused-ring (bicyclic) bond motifs is 11. The molecule has 0 amide bonds. The van der Waals surface area contributed by atoms with Gasteiger partial charge in [-0.3, -0.25) is 0 Å². The second-order valence-corrected chi connectivity index (χ2v) is 15.7. The van der Waals surface area contributed by atoms with E-state index in [0.717, 1.165) is 0 Å². The summed E-state index contributed by atoms with van der Waals surface area (Å²) in [7, 11) is 0. The van der Waals surface area contributed by atoms with E-state index in [1.165, 1.54) is 88.4 Å². The molecule has 47 heavy (non-hydrogen) atoms. The molecule has 1 nitrogen and oxygen atoms in total. The van der Waals surface area contributed by atoms with E-state index in [1.807, 2.05) is 0 Å². The Bertz CT molecular complexity index is 2420. The Labute approximate surface area is 278 Å². The SMILES string of the molecule is CC1(C)c2ccccc2B2c3ccccc3C(C)(C)c3cc(-n4c5ccccc5c5ccc6c(c54)C(C)(C)c4ccccc4-6)cc1c32. The largest absolute Gasteiger partial charge is 0.309 e. The highest BCUT2D eigenvalue weighted by atomic mass is 15.0. The van der Waals surface area contributed by atoms with Crippen molar-refractivity contribution in [1.29, 1.82) is 0 Å². The molecule has 0 saturated carbocycles. The van der Waals surface area contributed by atoms with Gasteiger partial charge in [0, 0.05) is 32.7 Å². The van der Waals surface area contributed by atoms with Gasteiger partial charge in [-0.05, 0) is 62.7 Å². The number of aromatic nitrogens is 1. The van der Waals surface area contributed by atoms with Gasteiger partial charge in [0.1, 0.15) is 0 Å². The van der Waals surface area contributed by atoms with Gasteiger partial charge in [-0.2, -0.15) is 0 Å². The standard InChI is InChI=1S/C45H38BN/c1-43(2)33-18-10-12-20-37(33)46-38-21-13-11-19-34(38)44(3,4)36-26-27(25-35(43)41(36)46)47-39-22-14-8-16-29(39)31-24-23-30-28-15-7-9-17-32(28)45(5,6)40(30)42(31)47/h7-26H,1-6H3. The van der Waals surface area contributed by atoms with E-state index >= 15 is 0 Å². The van der Waals surface area contributed by atoms with Crippen LogP contribution in [0.3, 0.4) is 0 Å². The molecular weight excluding hydrogens is 565 g/mol. The Kier molecular flexibility index (Phi) is 5.08. The van der Waals surface area contributed by atoms with Crippen molar-refractivity contribution < 1.29 is 0 Å². The highest BCUT2D eigenvalue weighted by molar-refractivity contribution is 6.97. The maximum Gasteiger partial charge on any atom is 0.242 e. The second-order valence-electron chi connectivity index (χ2n) is 15.7. The van der Waals surface area contributed by atoms with Crippen LogP contribution in [0, 0.1) is 0 Å². The van der Waals surface area contributed by atoms with Crippen LogP contribution < -0.4 is 16.4 Å². The molecule has 1 aliphatic carbocycles. The average Bonchev–Trinajstić information content (AvgIpc) is 3.53. The van der Waals surface area contributed by atoms with E-state index < -0.39 is 0 Å². The van der Waals surface area contributed by atoms with Crippen LogP contribution in [-0.4, -0.2) is 11.3 Å². The second kappa shape index (κ2) is 8.75. The van der Waals surface area contributed by atoms with Crippen molar-refractivity contribution in [3.63, 3.8) is 0 Å². The van der Waals surface area contributed by atoms with Gasteiger partial charge in [-0.15, -0.1) is 0 Å². The van der Waals surface area contributed by atoms with E-state index in [-0.39, 0.29) is 23.0 Å². The molecule has 0 fully saturated rings. The molecule has 1 aromatic heterocycles. The van der Waals surface area contributed by atoms with Crippen molar-refractivity contribution in [3.8, 4) is 16.8 Å². The van der Waals surface area contributed by atoms with E-state index in [2.05, 4.69) is 167 Å². The van der Waals surface area contributed by atoms with Crippen LogP contribution in [0.1, 0.15) is 74.9 Å². The maximum atomic E-state index is 2.62. The summed E-state index contributed by atoms with van der Waals surface area (Å²) >= 11 is 0. The van der Waals surface area contributed by atoms with Gasteiger partial charge in [-0.1, -0.05) is 161 Å². The smallest absolute Gasteiger partial charge is 0.242 e. The lowest BCUT2D eigenvalue weighted by molar-refractivity contribution is 0.621. The van der Waals surface area contributed by atoms with Crippen molar-refractivity contribution in [2.24, 2.45) is 0 Å². The van der Waals surface area contributed by atoms with Gasteiger partial charge in [0.25, 0.3) is 0 Å². The highest BCUT2D eigenvalue weighted by Gasteiger charge is 2.48. The third-order valence-electron chi connectivity index (χ3n) is 12.3. The summed E-state index contributed by atoms with van der Waals surface area (Å²) in [6, 6.07) is 46.4. The molecule has 0 bridgehead atoms. The molecule has 0 unspecified atom stereocenters. The first kappa shape index (κ1) is 27.3. The quantitative estimate of drug-likeness (QED) is 0.165. The van der Waals surface area contributed by atoms with E-state index in [0.29, 0.717) is 0 Å². The van der Waals surface area contributed by atoms with Crippen LogP contribution in [0.25, 0.3) is 38.6 Å². The zero-order chi connectivity index (χ0) is 32.0. The summed E-state index contributed by atoms with van der Waals surface area (Å²) < 4.78 is 2.62. The third-order valence-corrected chi connectivity index (χ3v) is 12.3. The first-order chi connectivity index (χ1) is 22.6. The summed E-state index contributed by atoms with van der Waals surface area (Å²) in [5.41, 5.74) is 19.3. The lowest BCUT2D eigenvalue weighted by Crippen LogP contribution is -2.66. The Morgan fingerprint density at radius 3 is 1.68 bits per heavy atom. The highest BCUT2D eigenvalue weighted by Crippen LogP contribution is 2.53. The minimum atomic E-state index is -0.147. The van der Waals surface area contributed by atoms with Gasteiger partial charge < -0.3 is 4.57 Å². The zero-order valence-electron chi connectivity index (χ0n) is 28.1. The van der Waals surface area contributed by atoms with Crippen LogP contribution in [0.2, 0.25) is 0 Å². The van der Waals surface area contributed by atoms with Crippen LogP contribution in [0.5, 0.6) is 0 Å². The molecule has 0 atom stereocenters. The molecule has 226 valence electrons. The Morgan fingerprint density at radius 1 is 0.468 bits per heavy atom. The number of benzene rings is 6. The minimum absolute atomic E-state index is 0.123. The fraction of sp³-hybridized carbons (Fsp3) is 0.200. The van der Waals surface area contributed by atoms with Gasteiger partial charge in [0.05, 0.1) is 11.0 Å². The molecule has 2 aliphatic heterocycles. The van der Waals surface area contributed by atoms with Gasteiger partial charge in [-0.25, -0.2) is 0 Å². The first-order valence-electron chi connectivity index (χ1n) is 17.2. The van der Waals surface area contributed by atoms with Gasteiger partial charge >= 0.3 is 0 Å². The molecule has 3 aliphatic rings. The van der Waals surface area contributed by atoms with Crippen molar-refractivity contribution in [2.45, 2.75) is 57.8 Å². The number of rotatable bonds is 1. The van der Waals surface area contributed by atoms with E-state index in [1.54, 1.807) is 0 Å². The molecule has 10 rings (SSSR count). The topological polar surface area (TPSA) is 4.93 Å². The van der Waals surface area contributed by atoms with Crippen molar-refractivity contribution in [2.75, 3.05) is 0 Å². The Balaban J connectivity index is 1.37. The summed E-state index contributed by atoms with van der Waals surface area (Å²) in [6.07, 6.45) is 0. The molecule has 6 aromatic carbocycles. The number of nitrogens with zero attached hydrogens (tertiary/aromatic N) is 1. The lowest BCUT2D eigenvalue weighted by Gasteiger charge is -2.47. The van der Waals surface area contributed by atoms with Gasteiger partial charge in [0.15, 0.2) is 0 Å². The molecule has 3 heterocycles. The summed E-state index contributed by atoms with van der Waals surface area (Å²) in [4.78, 5) is 0. The maximum absolute atomic E-state index is 2.62. The van der Waals surface area contributed by atoms with Gasteiger partial charge in [0.2, 0.25) is 6.71 Å². The third kappa shape index (κ3) is 3.22. The average molecular weight is 604 g/mol. The molecule has 7 aromatic rings. The molecule has 0 spiro atoms. The van der Waals surface area contributed by atoms with E-state index in [9.17, 15) is 0 Å². The fourth-order valence-electron chi connectivity index (χ4n) is 10.1. The van der Waals surface area contributed by atoms with Crippen LogP contribution in [0.15, 0.2) is 121 Å². The summed E-state index contributed by atoms with van der Waals surface area (Å²) in [5, 5.41) is 2.65. The molecule has 0 N–H and O–H groups in total. The molecular formula is C45H38BN. The fourth-order valence-corrected chi connectivity index (χ4v) is 10.1. The van der Waals surface area contributed by atoms with Crippen LogP contribution in [0.4, 0.5) is 0 Å². The van der Waals surface area contributed by atoms with Crippen molar-refractivity contribution in [3.05, 3.63) is 155 Å². The minimum Gasteiger partial charge on any atom is -0.309 e. The number of hydrogen-bond acceptors (Lipinski definition) is 0. The van der Waals surface area contributed by atoms with E-state index in [4.69, 9.17) is 0 Å². The monoisotopic (exact) mass is 603 g/mol. The Morgan fingerprint density at radius 2 is 1.02 bits per heavy atom. The Hall–Kier alpha value is -4.82. The predicted molar refractivity (Wildman–Crippen MR) is 200 cm³/mol. The molecule has 2 heteroatoms. The lowest BCUT2D eigenvalue weighted by atomic mass is 9.27. The molecule has 0 saturated heterocycles. The summed E-state index contributed by atoms with van der Waals surface area (Å²) in [6.45, 7) is 14.8. The molecule has 0 radical (unpaired) electrons. The summed E-state index contributed by atoms with van der Waals surface area (Å²) in [5.74, 6) is 0. The van der Waals surface area contributed by atoms with Crippen LogP contribution >= 0.6 is 0 Å². The zero-order valence-corrected chi connectivity index (χ0v) is 28.1. The van der Waals surface area contributed by atoms with Crippen LogP contribution in [-0.2, 0) is 16.2 Å². The first-order valence-corrected chi connectivity index (χ1v) is 17.2. The predicted octanol–water partition coefficient (Wildman–Crippen LogP) is 8.88. The number of hydrogen-bond donors (Lipinski definition) is 0. The number of para-hydroxylation sites is 1.